The van der Waals surface area contributed by atoms with Gasteiger partial charge in [-0.15, -0.1) is 0 Å². The van der Waals surface area contributed by atoms with Gasteiger partial charge in [0.25, 0.3) is 0 Å². The Morgan fingerprint density at radius 1 is 1.58 bits per heavy atom. The molecule has 0 aliphatic rings. The van der Waals surface area contributed by atoms with Crippen LogP contribution >= 0.6 is 11.6 Å². The third-order valence-electron chi connectivity index (χ3n) is 1.42. The van der Waals surface area contributed by atoms with Crippen molar-refractivity contribution < 1.29 is 4.74 Å². The summed E-state index contributed by atoms with van der Waals surface area (Å²) in [4.78, 5) is 8.10. The molecule has 12 heavy (non-hydrogen) atoms. The van der Waals surface area contributed by atoms with Crippen LogP contribution in [0.3, 0.4) is 0 Å². The lowest BCUT2D eigenvalue weighted by Gasteiger charge is -1.98. The van der Waals surface area contributed by atoms with E-state index in [1.807, 2.05) is 0 Å². The van der Waals surface area contributed by atoms with Crippen LogP contribution < -0.4 is 0 Å². The molecule has 0 N–H and O–H groups in total. The van der Waals surface area contributed by atoms with E-state index in [4.69, 9.17) is 16.3 Å². The van der Waals surface area contributed by atoms with Crippen molar-refractivity contribution in [3.63, 3.8) is 0 Å². The van der Waals surface area contributed by atoms with Crippen molar-refractivity contribution in [2.75, 3.05) is 13.7 Å². The SMILES string of the molecule is COCCCc1nccc(Cl)n1. The molecule has 4 heteroatoms. The molecule has 0 amide bonds. The van der Waals surface area contributed by atoms with E-state index in [0.717, 1.165) is 25.3 Å². The highest BCUT2D eigenvalue weighted by molar-refractivity contribution is 6.29. The highest BCUT2D eigenvalue weighted by Gasteiger charge is 1.96. The fraction of sp³-hybridized carbons (Fsp3) is 0.500. The molecule has 66 valence electrons. The first-order chi connectivity index (χ1) is 5.83. The molecule has 0 unspecified atom stereocenters. The zero-order valence-corrected chi connectivity index (χ0v) is 7.71. The summed E-state index contributed by atoms with van der Waals surface area (Å²) in [5.41, 5.74) is 0. The van der Waals surface area contributed by atoms with Gasteiger partial charge in [-0.1, -0.05) is 11.6 Å². The molecule has 0 bridgehead atoms. The molecule has 0 aliphatic carbocycles. The summed E-state index contributed by atoms with van der Waals surface area (Å²) in [6.45, 7) is 0.732. The third kappa shape index (κ3) is 3.15. The van der Waals surface area contributed by atoms with Crippen LogP contribution in [0.1, 0.15) is 12.2 Å². The number of methoxy groups -OCH3 is 1. The van der Waals surface area contributed by atoms with Crippen LogP contribution in [0.25, 0.3) is 0 Å². The highest BCUT2D eigenvalue weighted by atomic mass is 35.5. The van der Waals surface area contributed by atoms with E-state index in [9.17, 15) is 0 Å². The van der Waals surface area contributed by atoms with Crippen LogP contribution in [0, 0.1) is 0 Å². The Balaban J connectivity index is 2.41. The number of halogens is 1. The fourth-order valence-electron chi connectivity index (χ4n) is 0.869. The van der Waals surface area contributed by atoms with Gasteiger partial charge in [0.1, 0.15) is 11.0 Å². The minimum atomic E-state index is 0.498. The second-order valence-corrected chi connectivity index (χ2v) is 2.78. The second kappa shape index (κ2) is 5.06. The first-order valence-electron chi connectivity index (χ1n) is 3.79. The van der Waals surface area contributed by atoms with Crippen molar-refractivity contribution >= 4 is 11.6 Å². The van der Waals surface area contributed by atoms with E-state index in [-0.39, 0.29) is 0 Å². The summed E-state index contributed by atoms with van der Waals surface area (Å²) in [5, 5.41) is 0.498. The standard InChI is InChI=1S/C8H11ClN2O/c1-12-6-2-3-8-10-5-4-7(9)11-8/h4-5H,2-3,6H2,1H3. The first kappa shape index (κ1) is 9.42. The molecule has 1 aromatic rings. The summed E-state index contributed by atoms with van der Waals surface area (Å²) in [6.07, 6.45) is 3.41. The van der Waals surface area contributed by atoms with Gasteiger partial charge >= 0.3 is 0 Å². The maximum atomic E-state index is 5.68. The van der Waals surface area contributed by atoms with Crippen molar-refractivity contribution in [3.05, 3.63) is 23.2 Å². The van der Waals surface area contributed by atoms with Gasteiger partial charge < -0.3 is 4.74 Å². The van der Waals surface area contributed by atoms with E-state index >= 15 is 0 Å². The Bertz CT molecular complexity index is 242. The topological polar surface area (TPSA) is 35.0 Å². The van der Waals surface area contributed by atoms with Crippen LogP contribution in [0.5, 0.6) is 0 Å². The molecule has 3 nitrogen and oxygen atoms in total. The quantitative estimate of drug-likeness (QED) is 0.531. The smallest absolute Gasteiger partial charge is 0.132 e. The zero-order chi connectivity index (χ0) is 8.81. The lowest BCUT2D eigenvalue weighted by molar-refractivity contribution is 0.194. The molecule has 0 aliphatic heterocycles. The Labute approximate surface area is 76.7 Å². The number of nitrogens with zero attached hydrogens (tertiary/aromatic N) is 2. The third-order valence-corrected chi connectivity index (χ3v) is 1.63. The molecular formula is C8H11ClN2O. The number of hydrogen-bond acceptors (Lipinski definition) is 3. The average molecular weight is 187 g/mol. The summed E-state index contributed by atoms with van der Waals surface area (Å²) >= 11 is 5.68. The number of rotatable bonds is 4. The van der Waals surface area contributed by atoms with Gasteiger partial charge in [0, 0.05) is 26.3 Å². The van der Waals surface area contributed by atoms with Crippen molar-refractivity contribution in [2.24, 2.45) is 0 Å². The zero-order valence-electron chi connectivity index (χ0n) is 6.96. The van der Waals surface area contributed by atoms with Gasteiger partial charge in [-0.25, -0.2) is 9.97 Å². The number of ether oxygens (including phenoxy) is 1. The van der Waals surface area contributed by atoms with E-state index < -0.39 is 0 Å². The monoisotopic (exact) mass is 186 g/mol. The summed E-state index contributed by atoms with van der Waals surface area (Å²) in [7, 11) is 1.68. The van der Waals surface area contributed by atoms with E-state index in [1.54, 1.807) is 19.4 Å². The number of aromatic nitrogens is 2. The molecule has 1 aromatic heterocycles. The molecular weight excluding hydrogens is 176 g/mol. The van der Waals surface area contributed by atoms with Crippen LogP contribution in [-0.4, -0.2) is 23.7 Å². The van der Waals surface area contributed by atoms with Crippen molar-refractivity contribution in [1.82, 2.24) is 9.97 Å². The Morgan fingerprint density at radius 3 is 3.08 bits per heavy atom. The van der Waals surface area contributed by atoms with Gasteiger partial charge in [0.05, 0.1) is 0 Å². The molecule has 1 rings (SSSR count). The van der Waals surface area contributed by atoms with Crippen LogP contribution in [0.4, 0.5) is 0 Å². The average Bonchev–Trinajstić information content (AvgIpc) is 2.05. The summed E-state index contributed by atoms with van der Waals surface area (Å²) in [6, 6.07) is 1.67. The second-order valence-electron chi connectivity index (χ2n) is 2.39. The molecule has 0 saturated carbocycles. The molecule has 0 radical (unpaired) electrons. The van der Waals surface area contributed by atoms with Crippen LogP contribution in [-0.2, 0) is 11.2 Å². The normalized spacial score (nSPS) is 10.2. The van der Waals surface area contributed by atoms with Crippen molar-refractivity contribution in [2.45, 2.75) is 12.8 Å². The molecule has 1 heterocycles. The molecule has 0 spiro atoms. The van der Waals surface area contributed by atoms with Gasteiger partial charge in [-0.05, 0) is 12.5 Å². The Kier molecular flexibility index (Phi) is 3.97. The van der Waals surface area contributed by atoms with Gasteiger partial charge in [0.15, 0.2) is 0 Å². The summed E-state index contributed by atoms with van der Waals surface area (Å²) < 4.78 is 4.91. The number of aryl methyl sites for hydroxylation is 1. The van der Waals surface area contributed by atoms with Gasteiger partial charge in [-0.3, -0.25) is 0 Å². The summed E-state index contributed by atoms with van der Waals surface area (Å²) in [5.74, 6) is 0.777. The van der Waals surface area contributed by atoms with E-state index in [1.165, 1.54) is 0 Å². The van der Waals surface area contributed by atoms with Crippen LogP contribution in [0.15, 0.2) is 12.3 Å². The van der Waals surface area contributed by atoms with E-state index in [0.29, 0.717) is 5.15 Å². The van der Waals surface area contributed by atoms with Gasteiger partial charge in [0.2, 0.25) is 0 Å². The maximum Gasteiger partial charge on any atom is 0.132 e. The fourth-order valence-corrected chi connectivity index (χ4v) is 1.02. The Morgan fingerprint density at radius 2 is 2.42 bits per heavy atom. The molecule has 0 aromatic carbocycles. The predicted octanol–water partition coefficient (Wildman–Crippen LogP) is 1.71. The molecule has 0 atom stereocenters. The van der Waals surface area contributed by atoms with Crippen molar-refractivity contribution in [3.8, 4) is 0 Å². The number of hydrogen-bond donors (Lipinski definition) is 0. The first-order valence-corrected chi connectivity index (χ1v) is 4.17. The van der Waals surface area contributed by atoms with Crippen LogP contribution in [0.2, 0.25) is 5.15 Å². The minimum Gasteiger partial charge on any atom is -0.385 e. The lowest BCUT2D eigenvalue weighted by atomic mass is 10.3. The molecule has 0 saturated heterocycles. The predicted molar refractivity (Wildman–Crippen MR) is 47.2 cm³/mol. The van der Waals surface area contributed by atoms with Gasteiger partial charge in [-0.2, -0.15) is 0 Å². The maximum absolute atomic E-state index is 5.68. The highest BCUT2D eigenvalue weighted by Crippen LogP contribution is 2.03. The van der Waals surface area contributed by atoms with Crippen molar-refractivity contribution in [1.29, 1.82) is 0 Å². The molecule has 0 fully saturated rings. The largest absolute Gasteiger partial charge is 0.385 e. The van der Waals surface area contributed by atoms with E-state index in [2.05, 4.69) is 9.97 Å². The lowest BCUT2D eigenvalue weighted by Crippen LogP contribution is -1.97. The Hall–Kier alpha value is -0.670. The minimum absolute atomic E-state index is 0.498.